The van der Waals surface area contributed by atoms with Gasteiger partial charge < -0.3 is 20.5 Å². The van der Waals surface area contributed by atoms with Gasteiger partial charge in [-0.15, -0.1) is 0 Å². The zero-order valence-corrected chi connectivity index (χ0v) is 10.5. The maximum absolute atomic E-state index is 11.9. The fraction of sp³-hybridized carbons (Fsp3) is 0.417. The SMILES string of the molecule is O=C(CNCC(F)(F)F)Nc1ccc(OCCO)cc1. The van der Waals surface area contributed by atoms with Crippen LogP contribution >= 0.6 is 0 Å². The lowest BCUT2D eigenvalue weighted by Crippen LogP contribution is -2.35. The van der Waals surface area contributed by atoms with Crippen LogP contribution in [-0.2, 0) is 4.79 Å². The monoisotopic (exact) mass is 292 g/mol. The highest BCUT2D eigenvalue weighted by molar-refractivity contribution is 5.92. The van der Waals surface area contributed by atoms with Gasteiger partial charge in [-0.05, 0) is 24.3 Å². The highest BCUT2D eigenvalue weighted by Gasteiger charge is 2.26. The molecule has 0 aliphatic carbocycles. The Morgan fingerprint density at radius 3 is 2.45 bits per heavy atom. The van der Waals surface area contributed by atoms with Crippen LogP contribution in [0.5, 0.6) is 5.75 Å². The van der Waals surface area contributed by atoms with Crippen LogP contribution in [0.4, 0.5) is 18.9 Å². The summed E-state index contributed by atoms with van der Waals surface area (Å²) in [6, 6.07) is 6.26. The van der Waals surface area contributed by atoms with Gasteiger partial charge in [0, 0.05) is 5.69 Å². The number of rotatable bonds is 7. The largest absolute Gasteiger partial charge is 0.491 e. The second-order valence-electron chi connectivity index (χ2n) is 3.86. The lowest BCUT2D eigenvalue weighted by Gasteiger charge is -2.09. The van der Waals surface area contributed by atoms with E-state index in [4.69, 9.17) is 9.84 Å². The average Bonchev–Trinajstić information content (AvgIpc) is 2.36. The van der Waals surface area contributed by atoms with E-state index in [2.05, 4.69) is 5.32 Å². The van der Waals surface area contributed by atoms with Crippen LogP contribution in [0, 0.1) is 0 Å². The summed E-state index contributed by atoms with van der Waals surface area (Å²) < 4.78 is 40.7. The Kier molecular flexibility index (Phi) is 6.26. The maximum Gasteiger partial charge on any atom is 0.401 e. The Balaban J connectivity index is 2.34. The maximum atomic E-state index is 11.9. The quantitative estimate of drug-likeness (QED) is 0.705. The highest BCUT2D eigenvalue weighted by Crippen LogP contribution is 2.15. The van der Waals surface area contributed by atoms with Gasteiger partial charge in [0.05, 0.1) is 19.7 Å². The first-order valence-corrected chi connectivity index (χ1v) is 5.82. The molecule has 20 heavy (non-hydrogen) atoms. The summed E-state index contributed by atoms with van der Waals surface area (Å²) in [6.45, 7) is -1.59. The number of anilines is 1. The number of aliphatic hydroxyl groups excluding tert-OH is 1. The third-order valence-electron chi connectivity index (χ3n) is 2.11. The Bertz CT molecular complexity index is 421. The van der Waals surface area contributed by atoms with Gasteiger partial charge in [-0.3, -0.25) is 4.79 Å². The summed E-state index contributed by atoms with van der Waals surface area (Å²) in [5.74, 6) is -0.0504. The molecule has 1 aromatic carbocycles. The van der Waals surface area contributed by atoms with Gasteiger partial charge in [-0.2, -0.15) is 13.2 Å². The number of amides is 1. The van der Waals surface area contributed by atoms with Gasteiger partial charge in [-0.25, -0.2) is 0 Å². The molecule has 0 radical (unpaired) electrons. The molecule has 0 spiro atoms. The number of halogens is 3. The molecule has 0 unspecified atom stereocenters. The van der Waals surface area contributed by atoms with Crippen molar-refractivity contribution in [1.29, 1.82) is 0 Å². The fourth-order valence-electron chi connectivity index (χ4n) is 1.32. The van der Waals surface area contributed by atoms with E-state index in [0.717, 1.165) is 0 Å². The summed E-state index contributed by atoms with van der Waals surface area (Å²) >= 11 is 0. The van der Waals surface area contributed by atoms with E-state index < -0.39 is 25.2 Å². The molecule has 5 nitrogen and oxygen atoms in total. The first-order chi connectivity index (χ1) is 9.40. The predicted octanol–water partition coefficient (Wildman–Crippen LogP) is 1.15. The van der Waals surface area contributed by atoms with E-state index >= 15 is 0 Å². The van der Waals surface area contributed by atoms with Gasteiger partial charge in [0.1, 0.15) is 12.4 Å². The number of benzene rings is 1. The molecule has 0 aliphatic heterocycles. The Morgan fingerprint density at radius 1 is 1.25 bits per heavy atom. The van der Waals surface area contributed by atoms with E-state index in [1.165, 1.54) is 0 Å². The molecule has 3 N–H and O–H groups in total. The lowest BCUT2D eigenvalue weighted by molar-refractivity contribution is -0.126. The van der Waals surface area contributed by atoms with E-state index in [9.17, 15) is 18.0 Å². The lowest BCUT2D eigenvalue weighted by atomic mass is 10.3. The molecule has 112 valence electrons. The molecule has 0 bridgehead atoms. The average molecular weight is 292 g/mol. The number of aliphatic hydroxyl groups is 1. The Labute approximate surface area is 113 Å². The second kappa shape index (κ2) is 7.71. The summed E-state index contributed by atoms with van der Waals surface area (Å²) in [5, 5.41) is 13.0. The Hall–Kier alpha value is -1.80. The van der Waals surface area contributed by atoms with Crippen molar-refractivity contribution in [2.45, 2.75) is 6.18 Å². The zero-order valence-electron chi connectivity index (χ0n) is 10.5. The predicted molar refractivity (Wildman–Crippen MR) is 66.6 cm³/mol. The number of ether oxygens (including phenoxy) is 1. The molecule has 1 aromatic rings. The molecule has 0 atom stereocenters. The molecule has 0 saturated carbocycles. The van der Waals surface area contributed by atoms with E-state index in [-0.39, 0.29) is 13.2 Å². The number of carbonyl (C=O) groups is 1. The molecule has 0 aliphatic rings. The van der Waals surface area contributed by atoms with Crippen molar-refractivity contribution in [3.63, 3.8) is 0 Å². The topological polar surface area (TPSA) is 70.6 Å². The van der Waals surface area contributed by atoms with E-state index in [1.807, 2.05) is 5.32 Å². The third kappa shape index (κ3) is 6.95. The Morgan fingerprint density at radius 2 is 1.90 bits per heavy atom. The van der Waals surface area contributed by atoms with Crippen molar-refractivity contribution in [2.24, 2.45) is 0 Å². The summed E-state index contributed by atoms with van der Waals surface area (Å²) in [5.41, 5.74) is 0.445. The van der Waals surface area contributed by atoms with Crippen LogP contribution in [0.25, 0.3) is 0 Å². The molecule has 0 saturated heterocycles. The standard InChI is InChI=1S/C12H15F3N2O3/c13-12(14,15)8-16-7-11(19)17-9-1-3-10(4-2-9)20-6-5-18/h1-4,16,18H,5-8H2,(H,17,19). The minimum atomic E-state index is -4.34. The molecule has 8 heteroatoms. The third-order valence-corrected chi connectivity index (χ3v) is 2.11. The minimum absolute atomic E-state index is 0.108. The first-order valence-electron chi connectivity index (χ1n) is 5.82. The number of hydrogen-bond acceptors (Lipinski definition) is 4. The molecule has 0 heterocycles. The first kappa shape index (κ1) is 16.3. The molecule has 1 amide bonds. The van der Waals surface area contributed by atoms with E-state index in [1.54, 1.807) is 24.3 Å². The minimum Gasteiger partial charge on any atom is -0.491 e. The van der Waals surface area contributed by atoms with E-state index in [0.29, 0.717) is 11.4 Å². The second-order valence-corrected chi connectivity index (χ2v) is 3.86. The molecular weight excluding hydrogens is 277 g/mol. The van der Waals surface area contributed by atoms with Gasteiger partial charge >= 0.3 is 6.18 Å². The van der Waals surface area contributed by atoms with Crippen LogP contribution in [0.3, 0.4) is 0 Å². The van der Waals surface area contributed by atoms with Crippen LogP contribution in [0.15, 0.2) is 24.3 Å². The van der Waals surface area contributed by atoms with Gasteiger partial charge in [0.15, 0.2) is 0 Å². The van der Waals surface area contributed by atoms with Gasteiger partial charge in [0.25, 0.3) is 0 Å². The van der Waals surface area contributed by atoms with Crippen molar-refractivity contribution in [2.75, 3.05) is 31.6 Å². The highest BCUT2D eigenvalue weighted by atomic mass is 19.4. The van der Waals surface area contributed by atoms with Crippen LogP contribution < -0.4 is 15.4 Å². The number of hydrogen-bond donors (Lipinski definition) is 3. The zero-order chi connectivity index (χ0) is 15.0. The summed E-state index contributed by atoms with van der Waals surface area (Å²) in [6.07, 6.45) is -4.34. The summed E-state index contributed by atoms with van der Waals surface area (Å²) in [4.78, 5) is 11.4. The number of nitrogens with one attached hydrogen (secondary N) is 2. The summed E-state index contributed by atoms with van der Waals surface area (Å²) in [7, 11) is 0. The fourth-order valence-corrected chi connectivity index (χ4v) is 1.32. The van der Waals surface area contributed by atoms with Crippen molar-refractivity contribution >= 4 is 11.6 Å². The van der Waals surface area contributed by atoms with Crippen LogP contribution in [-0.4, -0.2) is 43.5 Å². The van der Waals surface area contributed by atoms with Crippen LogP contribution in [0.2, 0.25) is 0 Å². The van der Waals surface area contributed by atoms with Gasteiger partial charge in [0.2, 0.25) is 5.91 Å². The van der Waals surface area contributed by atoms with Crippen molar-refractivity contribution in [3.05, 3.63) is 24.3 Å². The normalized spacial score (nSPS) is 11.2. The van der Waals surface area contributed by atoms with Crippen LogP contribution in [0.1, 0.15) is 0 Å². The number of alkyl halides is 3. The molecular formula is C12H15F3N2O3. The molecule has 0 aromatic heterocycles. The smallest absolute Gasteiger partial charge is 0.401 e. The number of carbonyl (C=O) groups excluding carboxylic acids is 1. The van der Waals surface area contributed by atoms with Gasteiger partial charge in [-0.1, -0.05) is 0 Å². The van der Waals surface area contributed by atoms with Crippen molar-refractivity contribution in [1.82, 2.24) is 5.32 Å². The molecule has 1 rings (SSSR count). The molecule has 0 fully saturated rings. The van der Waals surface area contributed by atoms with Crippen molar-refractivity contribution < 1.29 is 27.8 Å². The van der Waals surface area contributed by atoms with Crippen molar-refractivity contribution in [3.8, 4) is 5.75 Å².